The smallest absolute Gasteiger partial charge is 0.257 e. The van der Waals surface area contributed by atoms with Crippen molar-refractivity contribution < 1.29 is 9.15 Å². The molecule has 1 fully saturated rings. The average molecular weight is 344 g/mol. The molecule has 0 amide bonds. The Morgan fingerprint density at radius 3 is 3.11 bits per heavy atom. The summed E-state index contributed by atoms with van der Waals surface area (Å²) in [6.45, 7) is 5.34. The van der Waals surface area contributed by atoms with Gasteiger partial charge < -0.3 is 9.15 Å². The molecule has 0 aliphatic carbocycles. The van der Waals surface area contributed by atoms with E-state index in [1.165, 1.54) is 0 Å². The Hall–Kier alpha value is -0.760. The van der Waals surface area contributed by atoms with E-state index in [9.17, 15) is 0 Å². The van der Waals surface area contributed by atoms with Crippen LogP contribution in [0.25, 0.3) is 10.8 Å². The first-order chi connectivity index (χ1) is 9.20. The van der Waals surface area contributed by atoms with Crippen molar-refractivity contribution in [3.8, 4) is 10.8 Å². The summed E-state index contributed by atoms with van der Waals surface area (Å²) in [7, 11) is 0. The van der Waals surface area contributed by atoms with Gasteiger partial charge in [0, 0.05) is 13.1 Å². The maximum Gasteiger partial charge on any atom is 0.257 e. The molecule has 1 aliphatic heterocycles. The molecule has 0 N–H and O–H groups in total. The molecular formula is C12H14BrN3O2S. The summed E-state index contributed by atoms with van der Waals surface area (Å²) in [6, 6.07) is 3.95. The van der Waals surface area contributed by atoms with E-state index in [1.807, 2.05) is 12.1 Å². The van der Waals surface area contributed by atoms with E-state index in [4.69, 9.17) is 9.15 Å². The molecule has 1 saturated heterocycles. The minimum atomic E-state index is 0.268. The van der Waals surface area contributed by atoms with Crippen LogP contribution in [0.5, 0.6) is 0 Å². The van der Waals surface area contributed by atoms with E-state index < -0.39 is 0 Å². The number of ether oxygens (including phenoxy) is 1. The number of hydrogen-bond acceptors (Lipinski definition) is 6. The standard InChI is InChI=1S/C12H14BrN3O2S/c1-8-6-16(4-5-17-8)7-11-14-15-12(18-11)9-2-3-10(13)19-9/h2-3,8H,4-7H2,1H3/t8-/m0/s1. The van der Waals surface area contributed by atoms with Crippen molar-refractivity contribution in [1.29, 1.82) is 0 Å². The fourth-order valence-electron chi connectivity index (χ4n) is 2.07. The van der Waals surface area contributed by atoms with Crippen molar-refractivity contribution >= 4 is 27.3 Å². The third-order valence-electron chi connectivity index (χ3n) is 2.93. The normalized spacial score (nSPS) is 20.8. The molecule has 2 aromatic rings. The van der Waals surface area contributed by atoms with Crippen LogP contribution >= 0.6 is 27.3 Å². The summed E-state index contributed by atoms with van der Waals surface area (Å²) < 4.78 is 12.3. The van der Waals surface area contributed by atoms with Crippen molar-refractivity contribution in [1.82, 2.24) is 15.1 Å². The Labute approximate surface area is 123 Å². The molecule has 5 nitrogen and oxygen atoms in total. The van der Waals surface area contributed by atoms with Gasteiger partial charge in [0.25, 0.3) is 5.89 Å². The van der Waals surface area contributed by atoms with E-state index >= 15 is 0 Å². The zero-order chi connectivity index (χ0) is 13.2. The third-order valence-corrected chi connectivity index (χ3v) is 4.55. The zero-order valence-electron chi connectivity index (χ0n) is 10.5. The number of morpholine rings is 1. The lowest BCUT2D eigenvalue weighted by atomic mass is 10.3. The van der Waals surface area contributed by atoms with Crippen LogP contribution in [0.2, 0.25) is 0 Å². The van der Waals surface area contributed by atoms with Gasteiger partial charge in [0.1, 0.15) is 0 Å². The second kappa shape index (κ2) is 5.70. The summed E-state index contributed by atoms with van der Waals surface area (Å²) >= 11 is 5.02. The van der Waals surface area contributed by atoms with Crippen LogP contribution in [-0.4, -0.2) is 40.9 Å². The lowest BCUT2D eigenvalue weighted by molar-refractivity contribution is -0.0235. The molecule has 2 aromatic heterocycles. The highest BCUT2D eigenvalue weighted by Crippen LogP contribution is 2.30. The van der Waals surface area contributed by atoms with Gasteiger partial charge in [-0.1, -0.05) is 0 Å². The van der Waals surface area contributed by atoms with Gasteiger partial charge in [-0.25, -0.2) is 0 Å². The molecular weight excluding hydrogens is 330 g/mol. The van der Waals surface area contributed by atoms with Crippen LogP contribution in [0.15, 0.2) is 20.3 Å². The van der Waals surface area contributed by atoms with Crippen molar-refractivity contribution in [2.24, 2.45) is 0 Å². The molecule has 3 rings (SSSR count). The first-order valence-corrected chi connectivity index (χ1v) is 7.74. The van der Waals surface area contributed by atoms with Crippen LogP contribution < -0.4 is 0 Å². The van der Waals surface area contributed by atoms with E-state index in [1.54, 1.807) is 11.3 Å². The van der Waals surface area contributed by atoms with Crippen LogP contribution in [-0.2, 0) is 11.3 Å². The summed E-state index contributed by atoms with van der Waals surface area (Å²) in [5.41, 5.74) is 0. The fourth-order valence-corrected chi connectivity index (χ4v) is 3.38. The molecule has 0 aromatic carbocycles. The number of thiophene rings is 1. The molecule has 1 atom stereocenters. The first kappa shape index (κ1) is 13.2. The van der Waals surface area contributed by atoms with Gasteiger partial charge in [-0.05, 0) is 35.0 Å². The average Bonchev–Trinajstić information content (AvgIpc) is 2.98. The summed E-state index contributed by atoms with van der Waals surface area (Å²) in [5, 5.41) is 8.21. The van der Waals surface area contributed by atoms with Gasteiger partial charge >= 0.3 is 0 Å². The van der Waals surface area contributed by atoms with Crippen molar-refractivity contribution in [3.63, 3.8) is 0 Å². The van der Waals surface area contributed by atoms with Gasteiger partial charge in [-0.2, -0.15) is 0 Å². The number of aromatic nitrogens is 2. The third kappa shape index (κ3) is 3.22. The first-order valence-electron chi connectivity index (χ1n) is 6.13. The van der Waals surface area contributed by atoms with E-state index in [-0.39, 0.29) is 6.10 Å². The molecule has 3 heterocycles. The Morgan fingerprint density at radius 2 is 2.37 bits per heavy atom. The Kier molecular flexibility index (Phi) is 3.97. The molecule has 0 unspecified atom stereocenters. The lowest BCUT2D eigenvalue weighted by Crippen LogP contribution is -2.40. The molecule has 102 valence electrons. The predicted octanol–water partition coefficient (Wildman–Crippen LogP) is 2.78. The zero-order valence-corrected chi connectivity index (χ0v) is 12.9. The van der Waals surface area contributed by atoms with E-state index in [0.29, 0.717) is 18.3 Å². The molecule has 0 bridgehead atoms. The van der Waals surface area contributed by atoms with Gasteiger partial charge in [0.05, 0.1) is 27.9 Å². The largest absolute Gasteiger partial charge is 0.419 e. The maximum absolute atomic E-state index is 5.71. The second-order valence-corrected chi connectivity index (χ2v) is 6.98. The highest BCUT2D eigenvalue weighted by Gasteiger charge is 2.19. The highest BCUT2D eigenvalue weighted by molar-refractivity contribution is 9.11. The molecule has 1 aliphatic rings. The lowest BCUT2D eigenvalue weighted by Gasteiger charge is -2.29. The molecule has 0 radical (unpaired) electrons. The van der Waals surface area contributed by atoms with Gasteiger partial charge in [-0.3, -0.25) is 4.90 Å². The number of nitrogens with zero attached hydrogens (tertiary/aromatic N) is 3. The van der Waals surface area contributed by atoms with Crippen molar-refractivity contribution in [2.45, 2.75) is 19.6 Å². The monoisotopic (exact) mass is 343 g/mol. The highest BCUT2D eigenvalue weighted by atomic mass is 79.9. The van der Waals surface area contributed by atoms with E-state index in [2.05, 4.69) is 38.0 Å². The fraction of sp³-hybridized carbons (Fsp3) is 0.500. The molecule has 0 saturated carbocycles. The van der Waals surface area contributed by atoms with Crippen LogP contribution in [0, 0.1) is 0 Å². The number of rotatable bonds is 3. The van der Waals surface area contributed by atoms with Crippen LogP contribution in [0.4, 0.5) is 0 Å². The Bertz CT molecular complexity index is 557. The summed E-state index contributed by atoms with van der Waals surface area (Å²) in [5.74, 6) is 1.25. The van der Waals surface area contributed by atoms with E-state index in [0.717, 1.165) is 28.4 Å². The molecule has 19 heavy (non-hydrogen) atoms. The predicted molar refractivity (Wildman–Crippen MR) is 76.0 cm³/mol. The Balaban J connectivity index is 1.68. The van der Waals surface area contributed by atoms with Crippen LogP contribution in [0.3, 0.4) is 0 Å². The quantitative estimate of drug-likeness (QED) is 0.857. The summed E-state index contributed by atoms with van der Waals surface area (Å²) in [4.78, 5) is 3.26. The number of halogens is 1. The maximum atomic E-state index is 5.71. The van der Waals surface area contributed by atoms with Crippen LogP contribution in [0.1, 0.15) is 12.8 Å². The van der Waals surface area contributed by atoms with Crippen molar-refractivity contribution in [3.05, 3.63) is 21.8 Å². The molecule has 7 heteroatoms. The van der Waals surface area contributed by atoms with Crippen molar-refractivity contribution in [2.75, 3.05) is 19.7 Å². The second-order valence-electron chi connectivity index (χ2n) is 4.52. The minimum Gasteiger partial charge on any atom is -0.419 e. The Morgan fingerprint density at radius 1 is 1.47 bits per heavy atom. The van der Waals surface area contributed by atoms with Gasteiger partial charge in [0.15, 0.2) is 0 Å². The van der Waals surface area contributed by atoms with Gasteiger partial charge in [0.2, 0.25) is 5.89 Å². The van der Waals surface area contributed by atoms with Gasteiger partial charge in [-0.15, -0.1) is 21.5 Å². The summed E-state index contributed by atoms with van der Waals surface area (Å²) in [6.07, 6.45) is 0.268. The number of hydrogen-bond donors (Lipinski definition) is 0. The SMILES string of the molecule is C[C@H]1CN(Cc2nnc(-c3ccc(Br)s3)o2)CCO1. The minimum absolute atomic E-state index is 0.268. The topological polar surface area (TPSA) is 51.4 Å². The molecule has 0 spiro atoms.